The highest BCUT2D eigenvalue weighted by Gasteiger charge is 2.34. The second-order valence-corrected chi connectivity index (χ2v) is 7.86. The van der Waals surface area contributed by atoms with Gasteiger partial charge in [0.2, 0.25) is 13.8 Å². The lowest BCUT2D eigenvalue weighted by Crippen LogP contribution is -2.39. The SMILES string of the molecule is Cc1ccc(S(=O)(=O)NC(Cl)C(Cl)(Cl)Cl)cc1. The lowest BCUT2D eigenvalue weighted by molar-refractivity contribution is 0.578. The van der Waals surface area contributed by atoms with Crippen molar-refractivity contribution in [3.05, 3.63) is 29.8 Å². The molecule has 17 heavy (non-hydrogen) atoms. The minimum atomic E-state index is -3.79. The number of nitrogens with one attached hydrogen (secondary N) is 1. The van der Waals surface area contributed by atoms with E-state index in [1.54, 1.807) is 12.1 Å². The molecule has 1 unspecified atom stereocenters. The Kier molecular flexibility index (Phi) is 4.97. The third kappa shape index (κ3) is 4.47. The zero-order valence-electron chi connectivity index (χ0n) is 8.62. The topological polar surface area (TPSA) is 46.2 Å². The summed E-state index contributed by atoms with van der Waals surface area (Å²) in [6.07, 6.45) is 0. The minimum absolute atomic E-state index is 0.0583. The van der Waals surface area contributed by atoms with Gasteiger partial charge in [-0.15, -0.1) is 11.6 Å². The van der Waals surface area contributed by atoms with Gasteiger partial charge in [-0.1, -0.05) is 52.5 Å². The van der Waals surface area contributed by atoms with Crippen molar-refractivity contribution in [3.8, 4) is 0 Å². The van der Waals surface area contributed by atoms with Crippen LogP contribution in [0.3, 0.4) is 0 Å². The fourth-order valence-corrected chi connectivity index (χ4v) is 2.78. The number of halogens is 4. The van der Waals surface area contributed by atoms with E-state index < -0.39 is 19.3 Å². The number of sulfonamides is 1. The van der Waals surface area contributed by atoms with E-state index in [-0.39, 0.29) is 4.90 Å². The molecule has 0 heterocycles. The van der Waals surface area contributed by atoms with Gasteiger partial charge in [0, 0.05) is 0 Å². The van der Waals surface area contributed by atoms with Crippen LogP contribution in [0.25, 0.3) is 0 Å². The highest BCUT2D eigenvalue weighted by atomic mass is 35.6. The standard InChI is InChI=1S/C9H9Cl4NO2S/c1-6-2-4-7(5-3-6)17(15,16)14-8(10)9(11,12)13/h2-5,8,14H,1H3. The van der Waals surface area contributed by atoms with Gasteiger partial charge in [0.25, 0.3) is 0 Å². The Morgan fingerprint density at radius 2 is 1.65 bits per heavy atom. The van der Waals surface area contributed by atoms with Crippen LogP contribution in [0.5, 0.6) is 0 Å². The molecule has 0 saturated carbocycles. The first-order valence-electron chi connectivity index (χ1n) is 4.43. The smallest absolute Gasteiger partial charge is 0.207 e. The van der Waals surface area contributed by atoms with Gasteiger partial charge in [-0.2, -0.15) is 4.72 Å². The second-order valence-electron chi connectivity index (χ2n) is 3.34. The van der Waals surface area contributed by atoms with Gasteiger partial charge in [0.15, 0.2) is 0 Å². The monoisotopic (exact) mass is 335 g/mol. The Morgan fingerprint density at radius 1 is 1.18 bits per heavy atom. The average Bonchev–Trinajstić information content (AvgIpc) is 2.16. The maximum Gasteiger partial charge on any atom is 0.241 e. The molecule has 1 aromatic rings. The van der Waals surface area contributed by atoms with E-state index in [9.17, 15) is 8.42 Å². The number of benzene rings is 1. The summed E-state index contributed by atoms with van der Waals surface area (Å²) >= 11 is 22.1. The molecule has 0 radical (unpaired) electrons. The third-order valence-corrected chi connectivity index (χ3v) is 4.87. The van der Waals surface area contributed by atoms with Crippen LogP contribution >= 0.6 is 46.4 Å². The first-order chi connectivity index (χ1) is 7.63. The predicted molar refractivity (Wildman–Crippen MR) is 71.4 cm³/mol. The Hall–Kier alpha value is 0.290. The number of hydrogen-bond donors (Lipinski definition) is 1. The molecule has 0 aromatic heterocycles. The van der Waals surface area contributed by atoms with Crippen LogP contribution in [0.2, 0.25) is 0 Å². The predicted octanol–water partition coefficient (Wildman–Crippen LogP) is 3.21. The van der Waals surface area contributed by atoms with Gasteiger partial charge < -0.3 is 0 Å². The molecular formula is C9H9Cl4NO2S. The number of alkyl halides is 4. The molecule has 0 fully saturated rings. The number of hydrogen-bond acceptors (Lipinski definition) is 2. The van der Waals surface area contributed by atoms with E-state index in [1.807, 2.05) is 6.92 Å². The van der Waals surface area contributed by atoms with Crippen LogP contribution in [0.4, 0.5) is 0 Å². The zero-order chi connectivity index (χ0) is 13.3. The molecule has 1 rings (SSSR count). The largest absolute Gasteiger partial charge is 0.241 e. The maximum absolute atomic E-state index is 11.8. The van der Waals surface area contributed by atoms with Crippen LogP contribution in [0.15, 0.2) is 29.2 Å². The van der Waals surface area contributed by atoms with Gasteiger partial charge in [0.1, 0.15) is 5.50 Å². The Morgan fingerprint density at radius 3 is 2.06 bits per heavy atom. The van der Waals surface area contributed by atoms with Gasteiger partial charge in [-0.3, -0.25) is 0 Å². The summed E-state index contributed by atoms with van der Waals surface area (Å²) in [7, 11) is -3.79. The fraction of sp³-hybridized carbons (Fsp3) is 0.333. The highest BCUT2D eigenvalue weighted by molar-refractivity contribution is 7.89. The molecule has 0 aliphatic heterocycles. The molecular weight excluding hydrogens is 328 g/mol. The first kappa shape index (κ1) is 15.3. The van der Waals surface area contributed by atoms with Gasteiger partial charge in [-0.25, -0.2) is 8.42 Å². The molecule has 96 valence electrons. The van der Waals surface area contributed by atoms with Crippen LogP contribution in [0.1, 0.15) is 5.56 Å². The van der Waals surface area contributed by atoms with Crippen molar-refractivity contribution in [1.82, 2.24) is 4.72 Å². The molecule has 1 N–H and O–H groups in total. The van der Waals surface area contributed by atoms with Crippen molar-refractivity contribution < 1.29 is 8.42 Å². The summed E-state index contributed by atoms with van der Waals surface area (Å²) in [6.45, 7) is 1.84. The van der Waals surface area contributed by atoms with Crippen molar-refractivity contribution in [1.29, 1.82) is 0 Å². The van der Waals surface area contributed by atoms with Crippen LogP contribution in [-0.2, 0) is 10.0 Å². The third-order valence-electron chi connectivity index (χ3n) is 1.88. The second kappa shape index (κ2) is 5.51. The molecule has 0 aliphatic carbocycles. The van der Waals surface area contributed by atoms with E-state index >= 15 is 0 Å². The fourth-order valence-electron chi connectivity index (χ4n) is 0.988. The van der Waals surface area contributed by atoms with Crippen LogP contribution in [-0.4, -0.2) is 17.7 Å². The van der Waals surface area contributed by atoms with E-state index in [2.05, 4.69) is 4.72 Å². The molecule has 3 nitrogen and oxygen atoms in total. The van der Waals surface area contributed by atoms with Crippen LogP contribution < -0.4 is 4.72 Å². The minimum Gasteiger partial charge on any atom is -0.207 e. The molecule has 0 aliphatic rings. The molecule has 8 heteroatoms. The Balaban J connectivity index is 2.94. The zero-order valence-corrected chi connectivity index (χ0v) is 12.5. The summed E-state index contributed by atoms with van der Waals surface area (Å²) in [5, 5.41) is 0. The van der Waals surface area contributed by atoms with E-state index in [0.717, 1.165) is 5.56 Å². The quantitative estimate of drug-likeness (QED) is 0.680. The summed E-state index contributed by atoms with van der Waals surface area (Å²) < 4.78 is 23.8. The lowest BCUT2D eigenvalue weighted by Gasteiger charge is -2.19. The lowest BCUT2D eigenvalue weighted by atomic mass is 10.2. The summed E-state index contributed by atoms with van der Waals surface area (Å²) in [5.41, 5.74) is -0.411. The van der Waals surface area contributed by atoms with E-state index in [4.69, 9.17) is 46.4 Å². The van der Waals surface area contributed by atoms with Crippen molar-refractivity contribution in [2.45, 2.75) is 21.1 Å². The van der Waals surface area contributed by atoms with Crippen molar-refractivity contribution in [3.63, 3.8) is 0 Å². The number of aryl methyl sites for hydroxylation is 1. The van der Waals surface area contributed by atoms with E-state index in [1.165, 1.54) is 12.1 Å². The molecule has 1 atom stereocenters. The Labute approximate surface area is 120 Å². The molecule has 0 spiro atoms. The summed E-state index contributed by atoms with van der Waals surface area (Å²) in [4.78, 5) is 0.0583. The molecule has 1 aromatic carbocycles. The average molecular weight is 337 g/mol. The van der Waals surface area contributed by atoms with E-state index in [0.29, 0.717) is 0 Å². The number of rotatable bonds is 3. The first-order valence-corrected chi connectivity index (χ1v) is 7.48. The van der Waals surface area contributed by atoms with Gasteiger partial charge in [-0.05, 0) is 19.1 Å². The van der Waals surface area contributed by atoms with Crippen LogP contribution in [0, 0.1) is 6.92 Å². The van der Waals surface area contributed by atoms with Crippen molar-refractivity contribution in [2.24, 2.45) is 0 Å². The van der Waals surface area contributed by atoms with Gasteiger partial charge in [0.05, 0.1) is 4.90 Å². The van der Waals surface area contributed by atoms with Crippen molar-refractivity contribution in [2.75, 3.05) is 0 Å². The van der Waals surface area contributed by atoms with Gasteiger partial charge >= 0.3 is 0 Å². The van der Waals surface area contributed by atoms with Crippen molar-refractivity contribution >= 4 is 56.4 Å². The maximum atomic E-state index is 11.8. The normalized spacial score (nSPS) is 14.6. The highest BCUT2D eigenvalue weighted by Crippen LogP contribution is 2.33. The summed E-state index contributed by atoms with van der Waals surface area (Å²) in [6, 6.07) is 6.21. The molecule has 0 amide bonds. The molecule has 0 bridgehead atoms. The molecule has 0 saturated heterocycles. The Bertz CT molecular complexity index is 481. The summed E-state index contributed by atoms with van der Waals surface area (Å²) in [5.74, 6) is 0.